The summed E-state index contributed by atoms with van der Waals surface area (Å²) in [6.07, 6.45) is 2.36. The Kier molecular flexibility index (Phi) is 2.67. The first-order valence-corrected chi connectivity index (χ1v) is 5.44. The van der Waals surface area contributed by atoms with Gasteiger partial charge in [0.15, 0.2) is 0 Å². The summed E-state index contributed by atoms with van der Waals surface area (Å²) in [5.74, 6) is 0. The van der Waals surface area contributed by atoms with Gasteiger partial charge in [-0.3, -0.25) is 0 Å². The van der Waals surface area contributed by atoms with E-state index in [0.717, 1.165) is 25.2 Å². The molecular weight excluding hydrogens is 184 g/mol. The molecule has 0 unspecified atom stereocenters. The minimum Gasteiger partial charge on any atom is -0.399 e. The summed E-state index contributed by atoms with van der Waals surface area (Å²) in [4.78, 5) is 2.39. The Bertz CT molecular complexity index is 382. The van der Waals surface area contributed by atoms with Crippen LogP contribution in [0.3, 0.4) is 0 Å². The lowest BCUT2D eigenvalue weighted by Crippen LogP contribution is -2.30. The summed E-state index contributed by atoms with van der Waals surface area (Å²) >= 11 is 0. The maximum Gasteiger partial charge on any atom is 0.0403 e. The van der Waals surface area contributed by atoms with E-state index in [9.17, 15) is 0 Å². The van der Waals surface area contributed by atoms with Crippen LogP contribution in [-0.4, -0.2) is 13.1 Å². The molecule has 0 saturated carbocycles. The monoisotopic (exact) mass is 202 g/mol. The molecular formula is C13H18N2. The fourth-order valence-corrected chi connectivity index (χ4v) is 2.19. The van der Waals surface area contributed by atoms with E-state index in [-0.39, 0.29) is 0 Å². The molecule has 15 heavy (non-hydrogen) atoms. The predicted octanol–water partition coefficient (Wildman–Crippen LogP) is 2.60. The molecule has 0 radical (unpaired) electrons. The third-order valence-electron chi connectivity index (χ3n) is 2.78. The summed E-state index contributed by atoms with van der Waals surface area (Å²) < 4.78 is 0. The van der Waals surface area contributed by atoms with Gasteiger partial charge in [0.1, 0.15) is 0 Å². The van der Waals surface area contributed by atoms with Crippen molar-refractivity contribution in [2.45, 2.75) is 19.8 Å². The number of aryl methyl sites for hydroxylation is 1. The maximum atomic E-state index is 5.79. The number of nitrogen functional groups attached to an aromatic ring is 1. The molecule has 0 aromatic heterocycles. The van der Waals surface area contributed by atoms with E-state index in [0.29, 0.717) is 0 Å². The van der Waals surface area contributed by atoms with Crippen LogP contribution >= 0.6 is 0 Å². The summed E-state index contributed by atoms with van der Waals surface area (Å²) in [5.41, 5.74) is 10.6. The molecule has 1 aromatic rings. The molecule has 0 spiro atoms. The van der Waals surface area contributed by atoms with E-state index >= 15 is 0 Å². The molecule has 1 aliphatic rings. The van der Waals surface area contributed by atoms with Crippen molar-refractivity contribution in [3.05, 3.63) is 35.9 Å². The molecule has 1 heterocycles. The van der Waals surface area contributed by atoms with Gasteiger partial charge in [-0.1, -0.05) is 12.2 Å². The van der Waals surface area contributed by atoms with Gasteiger partial charge >= 0.3 is 0 Å². The lowest BCUT2D eigenvalue weighted by Gasteiger charge is -2.31. The molecule has 0 bridgehead atoms. The lowest BCUT2D eigenvalue weighted by molar-refractivity contribution is 0.715. The molecule has 2 rings (SSSR count). The second kappa shape index (κ2) is 3.97. The largest absolute Gasteiger partial charge is 0.399 e. The molecule has 0 aliphatic carbocycles. The number of fused-ring (bicyclic) bond motifs is 1. The van der Waals surface area contributed by atoms with E-state index in [4.69, 9.17) is 5.73 Å². The number of hydrogen-bond donors (Lipinski definition) is 1. The Balaban J connectivity index is 2.30. The van der Waals surface area contributed by atoms with Gasteiger partial charge in [0.2, 0.25) is 0 Å². The van der Waals surface area contributed by atoms with Gasteiger partial charge in [0, 0.05) is 24.5 Å². The molecule has 1 aliphatic heterocycles. The van der Waals surface area contributed by atoms with Gasteiger partial charge in [0.05, 0.1) is 0 Å². The zero-order valence-corrected chi connectivity index (χ0v) is 9.29. The van der Waals surface area contributed by atoms with Crippen LogP contribution < -0.4 is 10.6 Å². The first-order valence-electron chi connectivity index (χ1n) is 5.44. The Morgan fingerprint density at radius 1 is 1.53 bits per heavy atom. The summed E-state index contributed by atoms with van der Waals surface area (Å²) in [5, 5.41) is 0. The van der Waals surface area contributed by atoms with Crippen molar-refractivity contribution in [2.75, 3.05) is 23.7 Å². The first-order chi connectivity index (χ1) is 7.16. The van der Waals surface area contributed by atoms with Gasteiger partial charge in [0.25, 0.3) is 0 Å². The van der Waals surface area contributed by atoms with Gasteiger partial charge in [-0.15, -0.1) is 0 Å². The predicted molar refractivity (Wildman–Crippen MR) is 66.2 cm³/mol. The average molecular weight is 202 g/mol. The minimum absolute atomic E-state index is 0.867. The van der Waals surface area contributed by atoms with E-state index in [1.807, 2.05) is 6.07 Å². The van der Waals surface area contributed by atoms with Crippen LogP contribution in [0.5, 0.6) is 0 Å². The van der Waals surface area contributed by atoms with Crippen LogP contribution in [0.25, 0.3) is 0 Å². The van der Waals surface area contributed by atoms with E-state index in [2.05, 4.69) is 30.5 Å². The summed E-state index contributed by atoms with van der Waals surface area (Å²) in [6, 6.07) is 6.21. The Labute approximate surface area is 91.4 Å². The maximum absolute atomic E-state index is 5.79. The van der Waals surface area contributed by atoms with Crippen molar-refractivity contribution < 1.29 is 0 Å². The van der Waals surface area contributed by atoms with Gasteiger partial charge in [-0.2, -0.15) is 0 Å². The van der Waals surface area contributed by atoms with Crippen molar-refractivity contribution in [1.82, 2.24) is 0 Å². The number of hydrogen-bond acceptors (Lipinski definition) is 2. The zero-order valence-electron chi connectivity index (χ0n) is 9.29. The third kappa shape index (κ3) is 2.14. The number of benzene rings is 1. The smallest absolute Gasteiger partial charge is 0.0403 e. The number of nitrogens with zero attached hydrogens (tertiary/aromatic N) is 1. The van der Waals surface area contributed by atoms with E-state index in [1.54, 1.807) is 0 Å². The molecule has 2 N–H and O–H groups in total. The highest BCUT2D eigenvalue weighted by Gasteiger charge is 2.16. The van der Waals surface area contributed by atoms with Crippen molar-refractivity contribution in [3.63, 3.8) is 0 Å². The fraction of sp³-hybridized carbons (Fsp3) is 0.385. The Morgan fingerprint density at radius 2 is 2.33 bits per heavy atom. The second-order valence-corrected chi connectivity index (χ2v) is 4.37. The van der Waals surface area contributed by atoms with E-state index < -0.39 is 0 Å². The molecule has 0 atom stereocenters. The van der Waals surface area contributed by atoms with Crippen LogP contribution in [0, 0.1) is 0 Å². The normalized spacial score (nSPS) is 14.9. The van der Waals surface area contributed by atoms with Crippen LogP contribution in [0.4, 0.5) is 11.4 Å². The molecule has 1 aromatic carbocycles. The Morgan fingerprint density at radius 3 is 3.07 bits per heavy atom. The highest BCUT2D eigenvalue weighted by Crippen LogP contribution is 2.28. The average Bonchev–Trinajstić information content (AvgIpc) is 2.16. The standard InChI is InChI=1S/C13H18N2/c1-10(2)9-15-7-3-4-11-8-12(14)5-6-13(11)15/h5-6,8H,1,3-4,7,9,14H2,2H3. The van der Waals surface area contributed by atoms with Crippen LogP contribution in [0.1, 0.15) is 18.9 Å². The lowest BCUT2D eigenvalue weighted by atomic mass is 10.0. The first kappa shape index (κ1) is 10.1. The molecule has 0 saturated heterocycles. The summed E-state index contributed by atoms with van der Waals surface area (Å²) in [6.45, 7) is 8.13. The highest BCUT2D eigenvalue weighted by molar-refractivity contribution is 5.61. The number of nitrogens with two attached hydrogens (primary N) is 1. The quantitative estimate of drug-likeness (QED) is 0.590. The fourth-order valence-electron chi connectivity index (χ4n) is 2.19. The Hall–Kier alpha value is -1.44. The van der Waals surface area contributed by atoms with Crippen molar-refractivity contribution >= 4 is 11.4 Å². The number of rotatable bonds is 2. The molecule has 80 valence electrons. The summed E-state index contributed by atoms with van der Waals surface area (Å²) in [7, 11) is 0. The van der Waals surface area contributed by atoms with Crippen LogP contribution in [0.2, 0.25) is 0 Å². The molecule has 2 heteroatoms. The van der Waals surface area contributed by atoms with Gasteiger partial charge < -0.3 is 10.6 Å². The molecule has 0 amide bonds. The number of anilines is 2. The molecule has 2 nitrogen and oxygen atoms in total. The second-order valence-electron chi connectivity index (χ2n) is 4.37. The van der Waals surface area contributed by atoms with Crippen LogP contribution in [-0.2, 0) is 6.42 Å². The van der Waals surface area contributed by atoms with E-state index in [1.165, 1.54) is 23.2 Å². The van der Waals surface area contributed by atoms with Gasteiger partial charge in [-0.25, -0.2) is 0 Å². The highest BCUT2D eigenvalue weighted by atomic mass is 15.1. The zero-order chi connectivity index (χ0) is 10.8. The minimum atomic E-state index is 0.867. The topological polar surface area (TPSA) is 29.3 Å². The van der Waals surface area contributed by atoms with Crippen molar-refractivity contribution in [2.24, 2.45) is 0 Å². The van der Waals surface area contributed by atoms with Crippen molar-refractivity contribution in [1.29, 1.82) is 0 Å². The van der Waals surface area contributed by atoms with Crippen LogP contribution in [0.15, 0.2) is 30.4 Å². The molecule has 0 fully saturated rings. The van der Waals surface area contributed by atoms with Gasteiger partial charge in [-0.05, 0) is 43.5 Å². The third-order valence-corrected chi connectivity index (χ3v) is 2.78. The SMILES string of the molecule is C=C(C)CN1CCCc2cc(N)ccc21. The van der Waals surface area contributed by atoms with Crippen molar-refractivity contribution in [3.8, 4) is 0 Å².